The molecule has 0 bridgehead atoms. The molecule has 2 heterocycles. The van der Waals surface area contributed by atoms with E-state index in [1.165, 1.54) is 0 Å². The maximum Gasteiger partial charge on any atom is 0.133 e. The molecule has 1 N–H and O–H groups in total. The number of nitrogens with zero attached hydrogens (tertiary/aromatic N) is 4. The Labute approximate surface area is 117 Å². The van der Waals surface area contributed by atoms with E-state index in [1.807, 2.05) is 33.4 Å². The molecule has 6 heteroatoms. The summed E-state index contributed by atoms with van der Waals surface area (Å²) in [6, 6.07) is 0. The van der Waals surface area contributed by atoms with Crippen molar-refractivity contribution in [3.05, 3.63) is 23.8 Å². The zero-order valence-electron chi connectivity index (χ0n) is 11.8. The standard InChI is InChI=1S/C13H19N5S/c1-5-6-11-16-12(14-3)9(2)13(17-11)19-10-7-15-18(4)8-10/h7-8H,5-6H2,1-4H3,(H,14,16,17). The van der Waals surface area contributed by atoms with E-state index in [0.717, 1.165) is 40.0 Å². The minimum atomic E-state index is 0.892. The third kappa shape index (κ3) is 3.26. The van der Waals surface area contributed by atoms with Crippen molar-refractivity contribution in [1.29, 1.82) is 0 Å². The Kier molecular flexibility index (Phi) is 4.42. The summed E-state index contributed by atoms with van der Waals surface area (Å²) in [5.41, 5.74) is 1.08. The summed E-state index contributed by atoms with van der Waals surface area (Å²) in [6.45, 7) is 4.18. The maximum absolute atomic E-state index is 4.65. The topological polar surface area (TPSA) is 55.6 Å². The SMILES string of the molecule is CCCc1nc(NC)c(C)c(Sc2cnn(C)c2)n1. The molecule has 0 atom stereocenters. The molecule has 0 radical (unpaired) electrons. The van der Waals surface area contributed by atoms with E-state index < -0.39 is 0 Å². The lowest BCUT2D eigenvalue weighted by Gasteiger charge is -2.10. The van der Waals surface area contributed by atoms with Crippen molar-refractivity contribution in [2.75, 3.05) is 12.4 Å². The smallest absolute Gasteiger partial charge is 0.133 e. The highest BCUT2D eigenvalue weighted by molar-refractivity contribution is 7.99. The van der Waals surface area contributed by atoms with E-state index in [1.54, 1.807) is 16.4 Å². The van der Waals surface area contributed by atoms with Gasteiger partial charge in [-0.05, 0) is 13.3 Å². The number of anilines is 1. The minimum Gasteiger partial charge on any atom is -0.373 e. The highest BCUT2D eigenvalue weighted by Gasteiger charge is 2.11. The number of aryl methyl sites for hydroxylation is 2. The van der Waals surface area contributed by atoms with Crippen molar-refractivity contribution >= 4 is 17.6 Å². The number of nitrogens with one attached hydrogen (secondary N) is 1. The van der Waals surface area contributed by atoms with Gasteiger partial charge in [0.1, 0.15) is 16.7 Å². The largest absolute Gasteiger partial charge is 0.373 e. The van der Waals surface area contributed by atoms with E-state index in [2.05, 4.69) is 27.3 Å². The molecular formula is C13H19N5S. The van der Waals surface area contributed by atoms with E-state index in [4.69, 9.17) is 0 Å². The molecule has 2 aromatic heterocycles. The molecule has 0 saturated carbocycles. The summed E-state index contributed by atoms with van der Waals surface area (Å²) >= 11 is 1.63. The van der Waals surface area contributed by atoms with Gasteiger partial charge in [0.2, 0.25) is 0 Å². The third-order valence-corrected chi connectivity index (χ3v) is 3.79. The van der Waals surface area contributed by atoms with Crippen molar-refractivity contribution in [2.45, 2.75) is 36.6 Å². The van der Waals surface area contributed by atoms with Gasteiger partial charge in [0.25, 0.3) is 0 Å². The normalized spacial score (nSPS) is 10.7. The lowest BCUT2D eigenvalue weighted by atomic mass is 10.3. The first-order valence-electron chi connectivity index (χ1n) is 6.35. The zero-order valence-corrected chi connectivity index (χ0v) is 12.6. The van der Waals surface area contributed by atoms with Gasteiger partial charge >= 0.3 is 0 Å². The van der Waals surface area contributed by atoms with Crippen molar-refractivity contribution in [3.8, 4) is 0 Å². The molecule has 19 heavy (non-hydrogen) atoms. The fraction of sp³-hybridized carbons (Fsp3) is 0.462. The monoisotopic (exact) mass is 277 g/mol. The van der Waals surface area contributed by atoms with Gasteiger partial charge in [-0.25, -0.2) is 9.97 Å². The van der Waals surface area contributed by atoms with Gasteiger partial charge in [-0.1, -0.05) is 18.7 Å². The Morgan fingerprint density at radius 3 is 2.74 bits per heavy atom. The molecule has 0 amide bonds. The summed E-state index contributed by atoms with van der Waals surface area (Å²) in [5, 5.41) is 8.32. The predicted molar refractivity (Wildman–Crippen MR) is 77.6 cm³/mol. The van der Waals surface area contributed by atoms with Crippen LogP contribution in [0.1, 0.15) is 24.7 Å². The van der Waals surface area contributed by atoms with Gasteiger partial charge in [0, 0.05) is 32.3 Å². The quantitative estimate of drug-likeness (QED) is 0.852. The van der Waals surface area contributed by atoms with Gasteiger partial charge in [-0.15, -0.1) is 0 Å². The van der Waals surface area contributed by atoms with Crippen LogP contribution in [-0.4, -0.2) is 26.8 Å². The van der Waals surface area contributed by atoms with Gasteiger partial charge < -0.3 is 5.32 Å². The Morgan fingerprint density at radius 1 is 1.37 bits per heavy atom. The average molecular weight is 277 g/mol. The number of hydrogen-bond acceptors (Lipinski definition) is 5. The summed E-state index contributed by atoms with van der Waals surface area (Å²) in [6.07, 6.45) is 5.79. The summed E-state index contributed by atoms with van der Waals surface area (Å²) < 4.78 is 1.80. The molecule has 5 nitrogen and oxygen atoms in total. The highest BCUT2D eigenvalue weighted by atomic mass is 32.2. The van der Waals surface area contributed by atoms with Gasteiger partial charge in [0.05, 0.1) is 11.1 Å². The Bertz CT molecular complexity index is 564. The number of aromatic nitrogens is 4. The number of rotatable bonds is 5. The Hall–Kier alpha value is -1.56. The maximum atomic E-state index is 4.65. The average Bonchev–Trinajstić information content (AvgIpc) is 2.79. The number of hydrogen-bond donors (Lipinski definition) is 1. The van der Waals surface area contributed by atoms with Crippen molar-refractivity contribution in [1.82, 2.24) is 19.7 Å². The highest BCUT2D eigenvalue weighted by Crippen LogP contribution is 2.30. The molecule has 2 rings (SSSR count). The lowest BCUT2D eigenvalue weighted by molar-refractivity contribution is 0.766. The summed E-state index contributed by atoms with van der Waals surface area (Å²) in [7, 11) is 3.81. The van der Waals surface area contributed by atoms with Crippen LogP contribution in [0, 0.1) is 6.92 Å². The fourth-order valence-electron chi connectivity index (χ4n) is 1.78. The van der Waals surface area contributed by atoms with E-state index >= 15 is 0 Å². The lowest BCUT2D eigenvalue weighted by Crippen LogP contribution is -2.04. The first-order chi connectivity index (χ1) is 9.13. The second-order valence-electron chi connectivity index (χ2n) is 4.37. The van der Waals surface area contributed by atoms with Gasteiger partial charge in [-0.2, -0.15) is 5.10 Å². The van der Waals surface area contributed by atoms with Crippen LogP contribution >= 0.6 is 11.8 Å². The molecule has 0 aliphatic heterocycles. The first-order valence-corrected chi connectivity index (χ1v) is 7.17. The van der Waals surface area contributed by atoms with Crippen LogP contribution in [0.15, 0.2) is 22.3 Å². The third-order valence-electron chi connectivity index (χ3n) is 2.75. The molecule has 2 aromatic rings. The van der Waals surface area contributed by atoms with Gasteiger partial charge in [0.15, 0.2) is 0 Å². The second kappa shape index (κ2) is 6.06. The van der Waals surface area contributed by atoms with Crippen LogP contribution in [0.25, 0.3) is 0 Å². The molecular weight excluding hydrogens is 258 g/mol. The molecule has 0 spiro atoms. The van der Waals surface area contributed by atoms with Crippen LogP contribution in [0.2, 0.25) is 0 Å². The molecule has 102 valence electrons. The van der Waals surface area contributed by atoms with Crippen molar-refractivity contribution < 1.29 is 0 Å². The molecule has 0 aliphatic carbocycles. The van der Waals surface area contributed by atoms with E-state index in [9.17, 15) is 0 Å². The zero-order chi connectivity index (χ0) is 13.8. The molecule has 0 saturated heterocycles. The summed E-state index contributed by atoms with van der Waals surface area (Å²) in [5.74, 6) is 1.80. The first kappa shape index (κ1) is 13.9. The van der Waals surface area contributed by atoms with Crippen LogP contribution in [0.3, 0.4) is 0 Å². The van der Waals surface area contributed by atoms with Crippen molar-refractivity contribution in [2.24, 2.45) is 7.05 Å². The Balaban J connectivity index is 2.34. The molecule has 0 aliphatic rings. The van der Waals surface area contributed by atoms with E-state index in [0.29, 0.717) is 0 Å². The van der Waals surface area contributed by atoms with Crippen molar-refractivity contribution in [3.63, 3.8) is 0 Å². The molecule has 0 unspecified atom stereocenters. The molecule has 0 aromatic carbocycles. The predicted octanol–water partition coefficient (Wildman–Crippen LogP) is 2.66. The molecule has 0 fully saturated rings. The van der Waals surface area contributed by atoms with Gasteiger partial charge in [-0.3, -0.25) is 4.68 Å². The van der Waals surface area contributed by atoms with Crippen LogP contribution < -0.4 is 5.32 Å². The fourth-order valence-corrected chi connectivity index (χ4v) is 2.71. The minimum absolute atomic E-state index is 0.892. The van der Waals surface area contributed by atoms with Crippen LogP contribution in [-0.2, 0) is 13.5 Å². The van der Waals surface area contributed by atoms with E-state index in [-0.39, 0.29) is 0 Å². The summed E-state index contributed by atoms with van der Waals surface area (Å²) in [4.78, 5) is 10.3. The second-order valence-corrected chi connectivity index (χ2v) is 5.43. The van der Waals surface area contributed by atoms with Crippen LogP contribution in [0.5, 0.6) is 0 Å². The van der Waals surface area contributed by atoms with Crippen LogP contribution in [0.4, 0.5) is 5.82 Å². The Morgan fingerprint density at radius 2 is 2.16 bits per heavy atom.